The van der Waals surface area contributed by atoms with Crippen LogP contribution in [0.15, 0.2) is 42.6 Å². The SMILES string of the molecule is Cc1cccc([CH]C(O)N2Cc3ccc(-c4nc(NC5CCOCC5)ncc4Cl)cc3C2=O)c1C. The molecule has 3 heterocycles. The fraction of sp³-hybridized carbons (Fsp3) is 0.333. The highest BCUT2D eigenvalue weighted by atomic mass is 35.5. The van der Waals surface area contributed by atoms with Crippen molar-refractivity contribution in [3.63, 3.8) is 0 Å². The number of fused-ring (bicyclic) bond motifs is 1. The summed E-state index contributed by atoms with van der Waals surface area (Å²) in [4.78, 5) is 23.7. The fourth-order valence-corrected chi connectivity index (χ4v) is 4.75. The van der Waals surface area contributed by atoms with Gasteiger partial charge in [0.15, 0.2) is 0 Å². The van der Waals surface area contributed by atoms with Gasteiger partial charge in [-0.2, -0.15) is 0 Å². The molecule has 35 heavy (non-hydrogen) atoms. The first-order chi connectivity index (χ1) is 16.9. The van der Waals surface area contributed by atoms with Crippen LogP contribution < -0.4 is 5.32 Å². The molecular formula is C27H28ClN4O3. The maximum Gasteiger partial charge on any atom is 0.256 e. The molecule has 8 heteroatoms. The van der Waals surface area contributed by atoms with E-state index in [1.165, 1.54) is 4.90 Å². The molecule has 0 bridgehead atoms. The Balaban J connectivity index is 1.35. The average Bonchev–Trinajstić information content (AvgIpc) is 3.20. The highest BCUT2D eigenvalue weighted by Gasteiger charge is 2.33. The standard InChI is InChI=1S/C27H28ClN4O3/c1-16-4-3-5-18(17(16)2)13-24(33)32-15-20-7-6-19(12-22(20)26(32)34)25-23(28)14-29-27(31-25)30-21-8-10-35-11-9-21/h3-7,12-14,21,24,33H,8-11,15H2,1-2H3,(H,29,30,31). The van der Waals surface area contributed by atoms with Gasteiger partial charge in [0.2, 0.25) is 5.95 Å². The first kappa shape index (κ1) is 23.7. The van der Waals surface area contributed by atoms with Crippen molar-refractivity contribution in [1.29, 1.82) is 0 Å². The Bertz CT molecular complexity index is 1260. The van der Waals surface area contributed by atoms with Crippen LogP contribution in [0.5, 0.6) is 0 Å². The van der Waals surface area contributed by atoms with Gasteiger partial charge in [-0.15, -0.1) is 0 Å². The number of aliphatic hydroxyl groups is 1. The summed E-state index contributed by atoms with van der Waals surface area (Å²) < 4.78 is 5.41. The van der Waals surface area contributed by atoms with Gasteiger partial charge in [-0.05, 0) is 55.0 Å². The topological polar surface area (TPSA) is 87.6 Å². The van der Waals surface area contributed by atoms with Crippen molar-refractivity contribution in [2.45, 2.75) is 45.5 Å². The lowest BCUT2D eigenvalue weighted by molar-refractivity contribution is 0.0269. The molecule has 1 unspecified atom stereocenters. The average molecular weight is 492 g/mol. The summed E-state index contributed by atoms with van der Waals surface area (Å²) in [5.74, 6) is 0.282. The lowest BCUT2D eigenvalue weighted by atomic mass is 10.0. The second kappa shape index (κ2) is 9.93. The lowest BCUT2D eigenvalue weighted by Crippen LogP contribution is -2.36. The molecule has 0 aliphatic carbocycles. The van der Waals surface area contributed by atoms with E-state index in [1.807, 2.05) is 44.2 Å². The second-order valence-electron chi connectivity index (χ2n) is 9.10. The highest BCUT2D eigenvalue weighted by molar-refractivity contribution is 6.33. The van der Waals surface area contributed by atoms with Gasteiger partial charge in [-0.25, -0.2) is 9.97 Å². The first-order valence-electron chi connectivity index (χ1n) is 11.8. The van der Waals surface area contributed by atoms with E-state index in [1.54, 1.807) is 18.7 Å². The molecule has 1 amide bonds. The van der Waals surface area contributed by atoms with Crippen LogP contribution >= 0.6 is 11.6 Å². The van der Waals surface area contributed by atoms with E-state index >= 15 is 0 Å². The molecule has 2 aliphatic rings. The molecule has 1 aromatic heterocycles. The minimum absolute atomic E-state index is 0.221. The van der Waals surface area contributed by atoms with Gasteiger partial charge in [0.25, 0.3) is 5.91 Å². The van der Waals surface area contributed by atoms with Crippen LogP contribution in [0.4, 0.5) is 5.95 Å². The van der Waals surface area contributed by atoms with Crippen LogP contribution in [-0.4, -0.2) is 51.4 Å². The number of nitrogens with zero attached hydrogens (tertiary/aromatic N) is 3. The zero-order valence-corrected chi connectivity index (χ0v) is 20.5. The Morgan fingerprint density at radius 2 is 2.03 bits per heavy atom. The number of rotatable bonds is 6. The van der Waals surface area contributed by atoms with E-state index in [0.717, 1.165) is 40.7 Å². The molecule has 2 aromatic carbocycles. The first-order valence-corrected chi connectivity index (χ1v) is 12.2. The zero-order chi connectivity index (χ0) is 24.5. The van der Waals surface area contributed by atoms with Gasteiger partial charge in [-0.1, -0.05) is 41.9 Å². The second-order valence-corrected chi connectivity index (χ2v) is 9.50. The predicted molar refractivity (Wildman–Crippen MR) is 135 cm³/mol. The quantitative estimate of drug-likeness (QED) is 0.526. The van der Waals surface area contributed by atoms with Crippen LogP contribution in [0.3, 0.4) is 0 Å². The molecule has 2 N–H and O–H groups in total. The van der Waals surface area contributed by atoms with Crippen LogP contribution in [-0.2, 0) is 11.3 Å². The number of ether oxygens (including phenoxy) is 1. The largest absolute Gasteiger partial charge is 0.381 e. The van der Waals surface area contributed by atoms with E-state index in [0.29, 0.717) is 42.0 Å². The molecule has 181 valence electrons. The molecule has 1 radical (unpaired) electrons. The number of carbonyl (C=O) groups is 1. The van der Waals surface area contributed by atoms with Crippen LogP contribution in [0.25, 0.3) is 11.3 Å². The van der Waals surface area contributed by atoms with Crippen LogP contribution in [0, 0.1) is 20.3 Å². The number of nitrogens with one attached hydrogen (secondary N) is 1. The molecule has 1 saturated heterocycles. The van der Waals surface area contributed by atoms with E-state index in [9.17, 15) is 9.90 Å². The fourth-order valence-electron chi connectivity index (χ4n) is 4.55. The summed E-state index contributed by atoms with van der Waals surface area (Å²) >= 11 is 6.44. The molecule has 5 rings (SSSR count). The van der Waals surface area contributed by atoms with Crippen LogP contribution in [0.2, 0.25) is 5.02 Å². The third kappa shape index (κ3) is 4.89. The van der Waals surface area contributed by atoms with E-state index in [-0.39, 0.29) is 11.9 Å². The number of halogens is 1. The van der Waals surface area contributed by atoms with Crippen molar-refractivity contribution >= 4 is 23.5 Å². The Morgan fingerprint density at radius 3 is 2.83 bits per heavy atom. The summed E-state index contributed by atoms with van der Waals surface area (Å²) in [5.41, 5.74) is 5.84. The minimum Gasteiger partial charge on any atom is -0.381 e. The number of carbonyl (C=O) groups excluding carboxylic acids is 1. The van der Waals surface area contributed by atoms with Gasteiger partial charge >= 0.3 is 0 Å². The molecule has 1 atom stereocenters. The summed E-state index contributed by atoms with van der Waals surface area (Å²) in [6.07, 6.45) is 4.06. The van der Waals surface area contributed by atoms with Gasteiger partial charge in [0.1, 0.15) is 6.23 Å². The van der Waals surface area contributed by atoms with Gasteiger partial charge < -0.3 is 20.1 Å². The van der Waals surface area contributed by atoms with Crippen molar-refractivity contribution in [3.8, 4) is 11.3 Å². The molecule has 1 fully saturated rings. The van der Waals surface area contributed by atoms with Crippen molar-refractivity contribution in [2.24, 2.45) is 0 Å². The third-order valence-electron chi connectivity index (χ3n) is 6.81. The highest BCUT2D eigenvalue weighted by Crippen LogP contribution is 2.33. The molecule has 0 spiro atoms. The maximum absolute atomic E-state index is 13.2. The monoisotopic (exact) mass is 491 g/mol. The molecule has 0 saturated carbocycles. The summed E-state index contributed by atoms with van der Waals surface area (Å²) in [7, 11) is 0. The predicted octanol–water partition coefficient (Wildman–Crippen LogP) is 4.53. The van der Waals surface area contributed by atoms with Crippen molar-refractivity contribution in [2.75, 3.05) is 18.5 Å². The van der Waals surface area contributed by atoms with E-state index in [4.69, 9.17) is 16.3 Å². The smallest absolute Gasteiger partial charge is 0.256 e. The number of benzene rings is 2. The summed E-state index contributed by atoms with van der Waals surface area (Å²) in [6, 6.07) is 11.8. The Labute approximate surface area is 210 Å². The lowest BCUT2D eigenvalue weighted by Gasteiger charge is -2.23. The molecule has 3 aromatic rings. The van der Waals surface area contributed by atoms with Crippen molar-refractivity contribution < 1.29 is 14.6 Å². The summed E-state index contributed by atoms with van der Waals surface area (Å²) in [6.45, 7) is 5.81. The van der Waals surface area contributed by atoms with Gasteiger partial charge in [0.05, 0.1) is 16.9 Å². The van der Waals surface area contributed by atoms with E-state index < -0.39 is 6.23 Å². The Kier molecular flexibility index (Phi) is 6.73. The number of hydrogen-bond donors (Lipinski definition) is 2. The van der Waals surface area contributed by atoms with Crippen LogP contribution in [0.1, 0.15) is 45.5 Å². The molecular weight excluding hydrogens is 464 g/mol. The number of aryl methyl sites for hydroxylation is 1. The number of aromatic nitrogens is 2. The molecule has 2 aliphatic heterocycles. The normalized spacial score (nSPS) is 16.9. The summed E-state index contributed by atoms with van der Waals surface area (Å²) in [5, 5.41) is 14.6. The zero-order valence-electron chi connectivity index (χ0n) is 19.8. The number of amides is 1. The molecule has 7 nitrogen and oxygen atoms in total. The Morgan fingerprint density at radius 1 is 1.23 bits per heavy atom. The number of hydrogen-bond acceptors (Lipinski definition) is 6. The third-order valence-corrected chi connectivity index (χ3v) is 7.08. The van der Waals surface area contributed by atoms with Gasteiger partial charge in [-0.3, -0.25) is 4.79 Å². The number of anilines is 1. The minimum atomic E-state index is -1.03. The Hall–Kier alpha value is -3.00. The van der Waals surface area contributed by atoms with E-state index in [2.05, 4.69) is 15.3 Å². The van der Waals surface area contributed by atoms with Crippen molar-refractivity contribution in [1.82, 2.24) is 14.9 Å². The van der Waals surface area contributed by atoms with Crippen molar-refractivity contribution in [3.05, 3.63) is 81.9 Å². The van der Waals surface area contributed by atoms with Gasteiger partial charge in [0, 0.05) is 43.3 Å². The maximum atomic E-state index is 13.2. The number of aliphatic hydroxyl groups excluding tert-OH is 1.